The van der Waals surface area contributed by atoms with Crippen LogP contribution in [-0.4, -0.2) is 80.7 Å². The molecule has 0 radical (unpaired) electrons. The number of imide groups is 1. The lowest BCUT2D eigenvalue weighted by Crippen LogP contribution is -2.75. The molecule has 0 spiro atoms. The summed E-state index contributed by atoms with van der Waals surface area (Å²) in [6.07, 6.45) is -1.59. The lowest BCUT2D eigenvalue weighted by Gasteiger charge is -2.50. The molecule has 10 heteroatoms. The number of methoxy groups -OCH3 is 1. The van der Waals surface area contributed by atoms with Crippen LogP contribution in [0.4, 0.5) is 0 Å². The van der Waals surface area contributed by atoms with E-state index in [-0.39, 0.29) is 11.1 Å². The van der Waals surface area contributed by atoms with Crippen LogP contribution in [0.2, 0.25) is 0 Å². The zero-order valence-electron chi connectivity index (χ0n) is 15.0. The summed E-state index contributed by atoms with van der Waals surface area (Å²) in [6, 6.07) is 3.22. The number of carbonyl (C=O) groups excluding carboxylic acids is 4. The van der Waals surface area contributed by atoms with Gasteiger partial charge in [0.1, 0.15) is 17.9 Å². The molecule has 0 unspecified atom stereocenters. The van der Waals surface area contributed by atoms with Crippen molar-refractivity contribution in [1.29, 1.82) is 0 Å². The molecule has 1 fully saturated rings. The van der Waals surface area contributed by atoms with Crippen molar-refractivity contribution in [2.24, 2.45) is 0 Å². The molecule has 1 aromatic carbocycles. The SMILES string of the molecule is COC(=O)/C(=C(\C)O)N1C(=O)[C@@H](N2C(=O)c3ccccc3C2=O)[C@H]1[C@@H](O)CO. The molecule has 2 aliphatic rings. The van der Waals surface area contributed by atoms with Gasteiger partial charge in [0, 0.05) is 0 Å². The number of fused-ring (bicyclic) bond motifs is 1. The van der Waals surface area contributed by atoms with Gasteiger partial charge in [-0.05, 0) is 19.1 Å². The molecule has 28 heavy (non-hydrogen) atoms. The highest BCUT2D eigenvalue weighted by Gasteiger charge is 2.60. The topological polar surface area (TPSA) is 145 Å². The molecule has 0 aromatic heterocycles. The standard InChI is InChI=1S/C18H18N2O8/c1-8(22)12(18(27)28-2)19-13(11(23)7-21)14(17(19)26)20-15(24)9-5-3-4-6-10(9)16(20)25/h3-6,11,13-14,21-23H,7H2,1-2H3/b12-8-/t11-,13+,14-/m0/s1. The van der Waals surface area contributed by atoms with Crippen molar-refractivity contribution in [3.63, 3.8) is 0 Å². The first kappa shape index (κ1) is 19.5. The number of rotatable bonds is 5. The van der Waals surface area contributed by atoms with Gasteiger partial charge in [-0.3, -0.25) is 24.2 Å². The summed E-state index contributed by atoms with van der Waals surface area (Å²) in [5, 5.41) is 29.4. The number of carbonyl (C=O) groups is 4. The summed E-state index contributed by atoms with van der Waals surface area (Å²) in [4.78, 5) is 51.6. The molecule has 1 aromatic rings. The van der Waals surface area contributed by atoms with E-state index in [1.54, 1.807) is 12.1 Å². The zero-order valence-corrected chi connectivity index (χ0v) is 15.0. The van der Waals surface area contributed by atoms with E-state index in [2.05, 4.69) is 4.74 Å². The number of β-lactam (4-membered cyclic amide) rings is 1. The smallest absolute Gasteiger partial charge is 0.358 e. The first-order chi connectivity index (χ1) is 13.3. The molecular formula is C18H18N2O8. The summed E-state index contributed by atoms with van der Waals surface area (Å²) in [6.45, 7) is 0.324. The van der Waals surface area contributed by atoms with Gasteiger partial charge in [0.15, 0.2) is 5.70 Å². The Bertz CT molecular complexity index is 870. The third-order valence-corrected chi connectivity index (χ3v) is 4.76. The number of allylic oxidation sites excluding steroid dienone is 1. The van der Waals surface area contributed by atoms with E-state index in [1.165, 1.54) is 12.1 Å². The number of amides is 3. The molecule has 0 aliphatic carbocycles. The van der Waals surface area contributed by atoms with Gasteiger partial charge in [-0.1, -0.05) is 12.1 Å². The van der Waals surface area contributed by atoms with Crippen LogP contribution in [0.15, 0.2) is 35.7 Å². The summed E-state index contributed by atoms with van der Waals surface area (Å²) in [7, 11) is 1.04. The molecule has 3 rings (SSSR count). The highest BCUT2D eigenvalue weighted by Crippen LogP contribution is 2.37. The first-order valence-electron chi connectivity index (χ1n) is 8.33. The fourth-order valence-corrected chi connectivity index (χ4v) is 3.49. The normalized spacial score (nSPS) is 23.2. The van der Waals surface area contributed by atoms with Crippen molar-refractivity contribution in [3.8, 4) is 0 Å². The Kier molecular flexibility index (Phi) is 4.92. The number of likely N-dealkylation sites (tertiary alicyclic amines) is 1. The molecular weight excluding hydrogens is 372 g/mol. The second kappa shape index (κ2) is 7.06. The van der Waals surface area contributed by atoms with E-state index in [0.717, 1.165) is 18.9 Å². The summed E-state index contributed by atoms with van der Waals surface area (Å²) >= 11 is 0. The average molecular weight is 390 g/mol. The van der Waals surface area contributed by atoms with Crippen LogP contribution in [0, 0.1) is 0 Å². The molecule has 0 saturated carbocycles. The predicted molar refractivity (Wildman–Crippen MR) is 91.8 cm³/mol. The van der Waals surface area contributed by atoms with Crippen LogP contribution in [0.3, 0.4) is 0 Å². The molecule has 2 heterocycles. The number of ether oxygens (including phenoxy) is 1. The maximum absolute atomic E-state index is 12.8. The number of benzene rings is 1. The minimum Gasteiger partial charge on any atom is -0.510 e. The van der Waals surface area contributed by atoms with Gasteiger partial charge in [0.05, 0.1) is 30.9 Å². The second-order valence-corrected chi connectivity index (χ2v) is 6.35. The Hall–Kier alpha value is -3.24. The van der Waals surface area contributed by atoms with Crippen LogP contribution in [0.25, 0.3) is 0 Å². The van der Waals surface area contributed by atoms with Crippen molar-refractivity contribution >= 4 is 23.7 Å². The Morgan fingerprint density at radius 1 is 1.18 bits per heavy atom. The fourth-order valence-electron chi connectivity index (χ4n) is 3.49. The van der Waals surface area contributed by atoms with Crippen molar-refractivity contribution in [2.45, 2.75) is 25.1 Å². The van der Waals surface area contributed by atoms with E-state index in [4.69, 9.17) is 0 Å². The van der Waals surface area contributed by atoms with Gasteiger partial charge in [0.2, 0.25) is 0 Å². The van der Waals surface area contributed by atoms with Crippen LogP contribution < -0.4 is 0 Å². The Balaban J connectivity index is 2.03. The van der Waals surface area contributed by atoms with Crippen molar-refractivity contribution in [3.05, 3.63) is 46.8 Å². The minimum absolute atomic E-state index is 0.109. The molecule has 3 amide bonds. The van der Waals surface area contributed by atoms with E-state index in [0.29, 0.717) is 4.90 Å². The van der Waals surface area contributed by atoms with Crippen LogP contribution >= 0.6 is 0 Å². The van der Waals surface area contributed by atoms with Crippen LogP contribution in [0.5, 0.6) is 0 Å². The lowest BCUT2D eigenvalue weighted by molar-refractivity contribution is -0.165. The summed E-state index contributed by atoms with van der Waals surface area (Å²) in [5.41, 5.74) is -0.325. The average Bonchev–Trinajstić information content (AvgIpc) is 2.93. The Morgan fingerprint density at radius 3 is 2.14 bits per heavy atom. The largest absolute Gasteiger partial charge is 0.510 e. The molecule has 2 aliphatic heterocycles. The zero-order chi connectivity index (χ0) is 20.7. The van der Waals surface area contributed by atoms with Crippen LogP contribution in [-0.2, 0) is 14.3 Å². The quantitative estimate of drug-likeness (QED) is 0.194. The van der Waals surface area contributed by atoms with Crippen molar-refractivity contribution in [1.82, 2.24) is 9.80 Å². The summed E-state index contributed by atoms with van der Waals surface area (Å²) < 4.78 is 4.55. The molecule has 3 N–H and O–H groups in total. The fraction of sp³-hybridized carbons (Fsp3) is 0.333. The van der Waals surface area contributed by atoms with Crippen molar-refractivity contribution < 1.29 is 39.2 Å². The molecule has 1 saturated heterocycles. The van der Waals surface area contributed by atoms with E-state index in [9.17, 15) is 34.5 Å². The minimum atomic E-state index is -1.59. The summed E-state index contributed by atoms with van der Waals surface area (Å²) in [5.74, 6) is -3.93. The monoisotopic (exact) mass is 390 g/mol. The van der Waals surface area contributed by atoms with E-state index in [1.807, 2.05) is 0 Å². The second-order valence-electron chi connectivity index (χ2n) is 6.35. The number of esters is 1. The van der Waals surface area contributed by atoms with Crippen molar-refractivity contribution in [2.75, 3.05) is 13.7 Å². The molecule has 148 valence electrons. The number of hydrogen-bond donors (Lipinski definition) is 3. The number of hydrogen-bond acceptors (Lipinski definition) is 8. The highest BCUT2D eigenvalue weighted by atomic mass is 16.5. The molecule has 0 bridgehead atoms. The molecule has 10 nitrogen and oxygen atoms in total. The number of aliphatic hydroxyl groups excluding tert-OH is 3. The highest BCUT2D eigenvalue weighted by molar-refractivity contribution is 6.23. The Labute approximate surface area is 159 Å². The van der Waals surface area contributed by atoms with E-state index < -0.39 is 59.9 Å². The van der Waals surface area contributed by atoms with Gasteiger partial charge in [-0.2, -0.15) is 0 Å². The van der Waals surface area contributed by atoms with Crippen LogP contribution in [0.1, 0.15) is 27.6 Å². The third kappa shape index (κ3) is 2.65. The first-order valence-corrected chi connectivity index (χ1v) is 8.33. The van der Waals surface area contributed by atoms with E-state index >= 15 is 0 Å². The van der Waals surface area contributed by atoms with Gasteiger partial charge < -0.3 is 20.1 Å². The van der Waals surface area contributed by atoms with Gasteiger partial charge in [-0.25, -0.2) is 4.79 Å². The molecule has 3 atom stereocenters. The maximum atomic E-state index is 12.8. The number of nitrogens with zero attached hydrogens (tertiary/aromatic N) is 2. The van der Waals surface area contributed by atoms with Gasteiger partial charge in [-0.15, -0.1) is 0 Å². The third-order valence-electron chi connectivity index (χ3n) is 4.76. The number of aliphatic hydroxyl groups is 3. The van der Waals surface area contributed by atoms with Gasteiger partial charge in [0.25, 0.3) is 17.7 Å². The lowest BCUT2D eigenvalue weighted by atomic mass is 9.87. The van der Waals surface area contributed by atoms with Gasteiger partial charge >= 0.3 is 5.97 Å². The maximum Gasteiger partial charge on any atom is 0.358 e. The predicted octanol–water partition coefficient (Wildman–Crippen LogP) is -0.822. The Morgan fingerprint density at radius 2 is 1.71 bits per heavy atom.